The van der Waals surface area contributed by atoms with Gasteiger partial charge in [-0.25, -0.2) is 0 Å². The summed E-state index contributed by atoms with van der Waals surface area (Å²) in [5.41, 5.74) is 11.3. The molecule has 2 nitrogen and oxygen atoms in total. The molecule has 92 valence electrons. The van der Waals surface area contributed by atoms with E-state index in [1.54, 1.807) is 0 Å². The first-order chi connectivity index (χ1) is 8.88. The summed E-state index contributed by atoms with van der Waals surface area (Å²) in [6.45, 7) is 2.68. The van der Waals surface area contributed by atoms with Crippen LogP contribution in [0.3, 0.4) is 0 Å². The van der Waals surface area contributed by atoms with E-state index in [-0.39, 0.29) is 0 Å². The number of para-hydroxylation sites is 1. The Morgan fingerprint density at radius 3 is 2.50 bits per heavy atom. The largest absolute Gasteiger partial charge is 0.367 e. The monoisotopic (exact) mass is 238 g/mol. The highest BCUT2D eigenvalue weighted by molar-refractivity contribution is 5.55. The van der Waals surface area contributed by atoms with Gasteiger partial charge in [-0.05, 0) is 29.2 Å². The van der Waals surface area contributed by atoms with Crippen LogP contribution >= 0.6 is 0 Å². The molecule has 0 amide bonds. The van der Waals surface area contributed by atoms with Gasteiger partial charge >= 0.3 is 0 Å². The molecule has 0 saturated carbocycles. The fourth-order valence-corrected chi connectivity index (χ4v) is 2.69. The fraction of sp³-hybridized carbons (Fsp3) is 0.250. The Morgan fingerprint density at radius 2 is 1.67 bits per heavy atom. The molecule has 0 radical (unpaired) electrons. The topological polar surface area (TPSA) is 29.3 Å². The van der Waals surface area contributed by atoms with Gasteiger partial charge in [-0.1, -0.05) is 42.5 Å². The summed E-state index contributed by atoms with van der Waals surface area (Å²) in [6, 6.07) is 17.2. The Labute approximate surface area is 108 Å². The zero-order valence-electron chi connectivity index (χ0n) is 10.5. The fourth-order valence-electron chi connectivity index (χ4n) is 2.69. The number of hydrogen-bond acceptors (Lipinski definition) is 2. The van der Waals surface area contributed by atoms with Gasteiger partial charge in [0.15, 0.2) is 0 Å². The molecule has 1 heterocycles. The molecule has 0 aromatic heterocycles. The van der Waals surface area contributed by atoms with Crippen LogP contribution in [0.5, 0.6) is 0 Å². The van der Waals surface area contributed by atoms with E-state index in [4.69, 9.17) is 5.73 Å². The highest BCUT2D eigenvalue weighted by Gasteiger charge is 2.17. The Hall–Kier alpha value is -1.80. The number of benzene rings is 2. The molecule has 18 heavy (non-hydrogen) atoms. The van der Waals surface area contributed by atoms with Crippen LogP contribution < -0.4 is 10.6 Å². The third-order valence-corrected chi connectivity index (χ3v) is 3.68. The molecule has 2 heteroatoms. The zero-order chi connectivity index (χ0) is 12.4. The second kappa shape index (κ2) is 4.83. The summed E-state index contributed by atoms with van der Waals surface area (Å²) < 4.78 is 0. The highest BCUT2D eigenvalue weighted by Crippen LogP contribution is 2.26. The van der Waals surface area contributed by atoms with Crippen LogP contribution in [0.1, 0.15) is 16.7 Å². The smallest absolute Gasteiger partial charge is 0.0432 e. The van der Waals surface area contributed by atoms with E-state index in [2.05, 4.69) is 53.4 Å². The Kier molecular flexibility index (Phi) is 3.03. The molecule has 1 aliphatic rings. The summed E-state index contributed by atoms with van der Waals surface area (Å²) in [4.78, 5) is 2.44. The van der Waals surface area contributed by atoms with Gasteiger partial charge in [-0.15, -0.1) is 0 Å². The van der Waals surface area contributed by atoms with Crippen molar-refractivity contribution in [1.29, 1.82) is 0 Å². The quantitative estimate of drug-likeness (QED) is 0.871. The van der Waals surface area contributed by atoms with E-state index in [9.17, 15) is 0 Å². The summed E-state index contributed by atoms with van der Waals surface area (Å²) >= 11 is 0. The van der Waals surface area contributed by atoms with Crippen LogP contribution in [-0.4, -0.2) is 6.54 Å². The molecule has 0 atom stereocenters. The lowest BCUT2D eigenvalue weighted by atomic mass is 9.99. The molecule has 3 rings (SSSR count). The lowest BCUT2D eigenvalue weighted by Crippen LogP contribution is -2.31. The first kappa shape index (κ1) is 11.3. The number of nitrogens with zero attached hydrogens (tertiary/aromatic N) is 1. The first-order valence-electron chi connectivity index (χ1n) is 6.48. The van der Waals surface area contributed by atoms with E-state index in [0.717, 1.165) is 19.5 Å². The van der Waals surface area contributed by atoms with Gasteiger partial charge in [-0.3, -0.25) is 0 Å². The maximum Gasteiger partial charge on any atom is 0.0432 e. The van der Waals surface area contributed by atoms with Crippen LogP contribution in [-0.2, 0) is 19.5 Å². The van der Waals surface area contributed by atoms with Crippen molar-refractivity contribution in [2.45, 2.75) is 19.5 Å². The molecule has 0 saturated heterocycles. The van der Waals surface area contributed by atoms with Crippen LogP contribution in [0, 0.1) is 0 Å². The van der Waals surface area contributed by atoms with E-state index < -0.39 is 0 Å². The van der Waals surface area contributed by atoms with Gasteiger partial charge in [0, 0.05) is 25.3 Å². The van der Waals surface area contributed by atoms with Gasteiger partial charge in [0.1, 0.15) is 0 Å². The van der Waals surface area contributed by atoms with Crippen LogP contribution in [0.15, 0.2) is 48.5 Å². The van der Waals surface area contributed by atoms with Crippen molar-refractivity contribution in [2.24, 2.45) is 5.73 Å². The van der Waals surface area contributed by atoms with Crippen molar-refractivity contribution in [2.75, 3.05) is 11.4 Å². The second-order valence-electron chi connectivity index (χ2n) is 4.77. The average Bonchev–Trinajstić information content (AvgIpc) is 2.46. The van der Waals surface area contributed by atoms with E-state index >= 15 is 0 Å². The number of anilines is 1. The molecule has 1 aliphatic heterocycles. The van der Waals surface area contributed by atoms with Gasteiger partial charge in [0.05, 0.1) is 0 Å². The Bertz CT molecular complexity index is 548. The molecule has 2 N–H and O–H groups in total. The van der Waals surface area contributed by atoms with Crippen molar-refractivity contribution in [3.05, 3.63) is 65.2 Å². The zero-order valence-corrected chi connectivity index (χ0v) is 10.5. The molecule has 2 aromatic carbocycles. The molecular weight excluding hydrogens is 220 g/mol. The molecule has 0 fully saturated rings. The average molecular weight is 238 g/mol. The number of rotatable bonds is 2. The maximum absolute atomic E-state index is 5.83. The number of nitrogens with two attached hydrogens (primary N) is 1. The van der Waals surface area contributed by atoms with Crippen molar-refractivity contribution in [3.8, 4) is 0 Å². The number of hydrogen-bond donors (Lipinski definition) is 1. The third kappa shape index (κ3) is 2.00. The maximum atomic E-state index is 5.83. The SMILES string of the molecule is NCc1ccccc1N1CCc2ccccc2C1. The van der Waals surface area contributed by atoms with Gasteiger partial charge in [0.2, 0.25) is 0 Å². The third-order valence-electron chi connectivity index (χ3n) is 3.68. The Morgan fingerprint density at radius 1 is 0.944 bits per heavy atom. The normalized spacial score (nSPS) is 14.4. The van der Waals surface area contributed by atoms with Gasteiger partial charge in [-0.2, -0.15) is 0 Å². The highest BCUT2D eigenvalue weighted by atomic mass is 15.1. The van der Waals surface area contributed by atoms with E-state index in [1.807, 2.05) is 0 Å². The molecule has 0 aliphatic carbocycles. The van der Waals surface area contributed by atoms with Crippen LogP contribution in [0.4, 0.5) is 5.69 Å². The van der Waals surface area contributed by atoms with Crippen molar-refractivity contribution in [3.63, 3.8) is 0 Å². The van der Waals surface area contributed by atoms with E-state index in [0.29, 0.717) is 6.54 Å². The van der Waals surface area contributed by atoms with Crippen molar-refractivity contribution < 1.29 is 0 Å². The van der Waals surface area contributed by atoms with Crippen molar-refractivity contribution >= 4 is 5.69 Å². The van der Waals surface area contributed by atoms with Gasteiger partial charge < -0.3 is 10.6 Å². The lowest BCUT2D eigenvalue weighted by Gasteiger charge is -2.32. The standard InChI is InChI=1S/C16H18N2/c17-11-14-6-3-4-8-16(14)18-10-9-13-5-1-2-7-15(13)12-18/h1-8H,9-12,17H2. The first-order valence-corrected chi connectivity index (χ1v) is 6.48. The predicted octanol–water partition coefficient (Wildman–Crippen LogP) is 2.71. The summed E-state index contributed by atoms with van der Waals surface area (Å²) in [7, 11) is 0. The van der Waals surface area contributed by atoms with Crippen LogP contribution in [0.25, 0.3) is 0 Å². The minimum atomic E-state index is 0.605. The summed E-state index contributed by atoms with van der Waals surface area (Å²) in [5, 5.41) is 0. The van der Waals surface area contributed by atoms with Crippen molar-refractivity contribution in [1.82, 2.24) is 0 Å². The predicted molar refractivity (Wildman–Crippen MR) is 75.5 cm³/mol. The molecule has 2 aromatic rings. The minimum absolute atomic E-state index is 0.605. The summed E-state index contributed by atoms with van der Waals surface area (Å²) in [6.07, 6.45) is 1.12. The number of fused-ring (bicyclic) bond motifs is 1. The van der Waals surface area contributed by atoms with Gasteiger partial charge in [0.25, 0.3) is 0 Å². The lowest BCUT2D eigenvalue weighted by molar-refractivity contribution is 0.727. The van der Waals surface area contributed by atoms with Crippen LogP contribution in [0.2, 0.25) is 0 Å². The molecule has 0 spiro atoms. The minimum Gasteiger partial charge on any atom is -0.367 e. The Balaban J connectivity index is 1.92. The summed E-state index contributed by atoms with van der Waals surface area (Å²) in [5.74, 6) is 0. The molecular formula is C16H18N2. The molecule has 0 unspecified atom stereocenters. The van der Waals surface area contributed by atoms with E-state index in [1.165, 1.54) is 22.4 Å². The second-order valence-corrected chi connectivity index (χ2v) is 4.77. The molecule has 0 bridgehead atoms.